The minimum Gasteiger partial charge on any atom is -0.489 e. The van der Waals surface area contributed by atoms with Gasteiger partial charge in [-0.25, -0.2) is 0 Å². The van der Waals surface area contributed by atoms with Gasteiger partial charge in [0.05, 0.1) is 0 Å². The molecule has 0 spiro atoms. The summed E-state index contributed by atoms with van der Waals surface area (Å²) in [6.45, 7) is 5.95. The van der Waals surface area contributed by atoms with Crippen LogP contribution < -0.4 is 10.1 Å². The number of hydrogen-bond acceptors (Lipinski definition) is 4. The molecule has 0 bridgehead atoms. The zero-order valence-electron chi connectivity index (χ0n) is 16.0. The highest BCUT2D eigenvalue weighted by Crippen LogP contribution is 2.32. The van der Waals surface area contributed by atoms with Gasteiger partial charge in [-0.15, -0.1) is 0 Å². The van der Waals surface area contributed by atoms with E-state index in [2.05, 4.69) is 30.3 Å². The van der Waals surface area contributed by atoms with E-state index in [0.29, 0.717) is 12.1 Å². The second-order valence-corrected chi connectivity index (χ2v) is 7.98. The van der Waals surface area contributed by atoms with Crippen LogP contribution in [0.25, 0.3) is 0 Å². The molecule has 1 aromatic carbocycles. The number of hydrogen-bond donors (Lipinski definition) is 1. The summed E-state index contributed by atoms with van der Waals surface area (Å²) in [4.78, 5) is 17.2. The van der Waals surface area contributed by atoms with Gasteiger partial charge in [0, 0.05) is 30.7 Å². The first-order valence-corrected chi connectivity index (χ1v) is 10.2. The van der Waals surface area contributed by atoms with Crippen molar-refractivity contribution in [3.05, 3.63) is 29.3 Å². The van der Waals surface area contributed by atoms with Gasteiger partial charge in [-0.3, -0.25) is 4.79 Å². The van der Waals surface area contributed by atoms with E-state index in [9.17, 15) is 4.79 Å². The van der Waals surface area contributed by atoms with E-state index in [1.807, 2.05) is 17.0 Å². The van der Waals surface area contributed by atoms with Crippen molar-refractivity contribution in [2.75, 3.05) is 26.7 Å². The highest BCUT2D eigenvalue weighted by molar-refractivity contribution is 5.98. The predicted octanol–water partition coefficient (Wildman–Crippen LogP) is 2.65. The van der Waals surface area contributed by atoms with Crippen molar-refractivity contribution in [1.29, 1.82) is 0 Å². The molecule has 5 heteroatoms. The van der Waals surface area contributed by atoms with E-state index in [0.717, 1.165) is 62.3 Å². The standard InChI is InChI=1S/C21H31N3O2/c1-3-23(2)19-7-4-8-20(19)26-17-9-10-18-15(12-17)14-24(21(18)25)16-6-5-11-22-13-16/h9-10,12,16,19-20,22H,3-8,11,13-14H2,1-2H3. The molecule has 1 N–H and O–H groups in total. The minimum absolute atomic E-state index is 0.185. The lowest BCUT2D eigenvalue weighted by Gasteiger charge is -2.31. The number of likely N-dealkylation sites (N-methyl/N-ethyl adjacent to an activating group) is 1. The third-order valence-corrected chi connectivity index (χ3v) is 6.39. The van der Waals surface area contributed by atoms with Crippen LogP contribution in [0.2, 0.25) is 0 Å². The number of nitrogens with one attached hydrogen (secondary N) is 1. The molecular weight excluding hydrogens is 326 g/mol. The van der Waals surface area contributed by atoms with Crippen LogP contribution in [0.3, 0.4) is 0 Å². The number of amides is 1. The summed E-state index contributed by atoms with van der Waals surface area (Å²) in [6, 6.07) is 6.88. The Kier molecular flexibility index (Phi) is 5.18. The molecule has 5 nitrogen and oxygen atoms in total. The molecule has 1 aromatic rings. The molecule has 3 aliphatic rings. The summed E-state index contributed by atoms with van der Waals surface area (Å²) < 4.78 is 6.37. The highest BCUT2D eigenvalue weighted by Gasteiger charge is 2.35. The van der Waals surface area contributed by atoms with Gasteiger partial charge in [0.1, 0.15) is 11.9 Å². The molecule has 1 saturated carbocycles. The maximum Gasteiger partial charge on any atom is 0.254 e. The van der Waals surface area contributed by atoms with Crippen LogP contribution in [0.5, 0.6) is 5.75 Å². The van der Waals surface area contributed by atoms with Gasteiger partial charge in [-0.2, -0.15) is 0 Å². The van der Waals surface area contributed by atoms with Crippen LogP contribution >= 0.6 is 0 Å². The fourth-order valence-corrected chi connectivity index (χ4v) is 4.74. The molecule has 0 aromatic heterocycles. The molecule has 142 valence electrons. The first-order valence-electron chi connectivity index (χ1n) is 10.2. The number of ether oxygens (including phenoxy) is 1. The Labute approximate surface area is 156 Å². The summed E-state index contributed by atoms with van der Waals surface area (Å²) >= 11 is 0. The molecule has 0 radical (unpaired) electrons. The zero-order chi connectivity index (χ0) is 18.1. The maximum absolute atomic E-state index is 12.8. The van der Waals surface area contributed by atoms with Gasteiger partial charge < -0.3 is 19.9 Å². The first kappa shape index (κ1) is 17.8. The van der Waals surface area contributed by atoms with E-state index in [-0.39, 0.29) is 12.0 Å². The largest absolute Gasteiger partial charge is 0.489 e. The van der Waals surface area contributed by atoms with Gasteiger partial charge in [0.15, 0.2) is 0 Å². The van der Waals surface area contributed by atoms with Crippen molar-refractivity contribution in [1.82, 2.24) is 15.1 Å². The second-order valence-electron chi connectivity index (χ2n) is 7.98. The fourth-order valence-electron chi connectivity index (χ4n) is 4.74. The molecule has 1 aliphatic carbocycles. The van der Waals surface area contributed by atoms with E-state index in [4.69, 9.17) is 4.74 Å². The van der Waals surface area contributed by atoms with Crippen LogP contribution in [-0.4, -0.2) is 60.6 Å². The average molecular weight is 357 g/mol. The number of nitrogens with zero attached hydrogens (tertiary/aromatic N) is 2. The molecule has 2 fully saturated rings. The second kappa shape index (κ2) is 7.57. The van der Waals surface area contributed by atoms with Crippen molar-refractivity contribution in [2.24, 2.45) is 0 Å². The SMILES string of the molecule is CCN(C)C1CCCC1Oc1ccc2c(c1)CN(C1CCCNC1)C2=O. The van der Waals surface area contributed by atoms with Crippen LogP contribution in [0.1, 0.15) is 54.9 Å². The van der Waals surface area contributed by atoms with Crippen molar-refractivity contribution < 1.29 is 9.53 Å². The topological polar surface area (TPSA) is 44.8 Å². The number of carbonyl (C=O) groups excluding carboxylic acids is 1. The number of benzene rings is 1. The molecule has 3 atom stereocenters. The van der Waals surface area contributed by atoms with Crippen molar-refractivity contribution >= 4 is 5.91 Å². The highest BCUT2D eigenvalue weighted by atomic mass is 16.5. The van der Waals surface area contributed by atoms with Crippen molar-refractivity contribution in [3.8, 4) is 5.75 Å². The van der Waals surface area contributed by atoms with E-state index < -0.39 is 0 Å². The third kappa shape index (κ3) is 3.35. The number of fused-ring (bicyclic) bond motifs is 1. The molecular formula is C21H31N3O2. The van der Waals surface area contributed by atoms with Crippen LogP contribution in [0, 0.1) is 0 Å². The molecule has 4 rings (SSSR count). The number of piperidine rings is 1. The molecule has 1 saturated heterocycles. The van der Waals surface area contributed by atoms with Crippen LogP contribution in [-0.2, 0) is 6.54 Å². The van der Waals surface area contributed by atoms with Gasteiger partial charge in [-0.1, -0.05) is 6.92 Å². The van der Waals surface area contributed by atoms with Gasteiger partial charge in [0.25, 0.3) is 5.91 Å². The Morgan fingerprint density at radius 2 is 2.15 bits per heavy atom. The quantitative estimate of drug-likeness (QED) is 0.880. The molecule has 2 heterocycles. The summed E-state index contributed by atoms with van der Waals surface area (Å²) in [5, 5.41) is 3.42. The number of rotatable bonds is 5. The normalized spacial score (nSPS) is 28.7. The molecule has 26 heavy (non-hydrogen) atoms. The number of carbonyl (C=O) groups is 1. The molecule has 1 amide bonds. The lowest BCUT2D eigenvalue weighted by atomic mass is 10.1. The van der Waals surface area contributed by atoms with Crippen molar-refractivity contribution in [2.45, 2.75) is 63.8 Å². The lowest BCUT2D eigenvalue weighted by Crippen LogP contribution is -2.46. The van der Waals surface area contributed by atoms with E-state index >= 15 is 0 Å². The van der Waals surface area contributed by atoms with Crippen molar-refractivity contribution in [3.63, 3.8) is 0 Å². The third-order valence-electron chi connectivity index (χ3n) is 6.39. The fraction of sp³-hybridized carbons (Fsp3) is 0.667. The zero-order valence-corrected chi connectivity index (χ0v) is 16.0. The van der Waals surface area contributed by atoms with Crippen LogP contribution in [0.4, 0.5) is 0 Å². The summed E-state index contributed by atoms with van der Waals surface area (Å²) in [5.41, 5.74) is 1.98. The Bertz CT molecular complexity index is 657. The monoisotopic (exact) mass is 357 g/mol. The Morgan fingerprint density at radius 3 is 2.92 bits per heavy atom. The molecule has 3 unspecified atom stereocenters. The Morgan fingerprint density at radius 1 is 1.27 bits per heavy atom. The Balaban J connectivity index is 1.46. The maximum atomic E-state index is 12.8. The summed E-state index contributed by atoms with van der Waals surface area (Å²) in [5.74, 6) is 1.10. The predicted molar refractivity (Wildman–Crippen MR) is 103 cm³/mol. The van der Waals surface area contributed by atoms with E-state index in [1.54, 1.807) is 0 Å². The summed E-state index contributed by atoms with van der Waals surface area (Å²) in [6.07, 6.45) is 6.06. The average Bonchev–Trinajstić information content (AvgIpc) is 3.26. The first-order chi connectivity index (χ1) is 12.7. The van der Waals surface area contributed by atoms with Gasteiger partial charge in [0.2, 0.25) is 0 Å². The van der Waals surface area contributed by atoms with Crippen LogP contribution in [0.15, 0.2) is 18.2 Å². The summed E-state index contributed by atoms with van der Waals surface area (Å²) in [7, 11) is 2.18. The lowest BCUT2D eigenvalue weighted by molar-refractivity contribution is 0.0674. The minimum atomic E-state index is 0.185. The van der Waals surface area contributed by atoms with Gasteiger partial charge in [-0.05, 0) is 76.0 Å². The van der Waals surface area contributed by atoms with Gasteiger partial charge >= 0.3 is 0 Å². The smallest absolute Gasteiger partial charge is 0.254 e. The molecule has 2 aliphatic heterocycles. The Hall–Kier alpha value is -1.59. The van der Waals surface area contributed by atoms with E-state index in [1.165, 1.54) is 12.8 Å².